The molecule has 1 amide bonds. The van der Waals surface area contributed by atoms with Gasteiger partial charge in [-0.25, -0.2) is 0 Å². The molecular formula is C12H17NO2. The second-order valence-corrected chi connectivity index (χ2v) is 4.56. The van der Waals surface area contributed by atoms with E-state index in [1.54, 1.807) is 18.2 Å². The second kappa shape index (κ2) is 4.34. The van der Waals surface area contributed by atoms with E-state index in [1.807, 2.05) is 26.8 Å². The Morgan fingerprint density at radius 3 is 2.47 bits per heavy atom. The molecule has 1 aromatic carbocycles. The number of phenols is 1. The first-order valence-corrected chi connectivity index (χ1v) is 4.96. The first-order valence-electron chi connectivity index (χ1n) is 4.96. The third-order valence-electron chi connectivity index (χ3n) is 2.11. The number of carbonyl (C=O) groups excluding carboxylic acids is 1. The summed E-state index contributed by atoms with van der Waals surface area (Å²) in [4.78, 5) is 11.6. The van der Waals surface area contributed by atoms with E-state index in [4.69, 9.17) is 0 Å². The minimum atomic E-state index is -0.398. The molecule has 1 aromatic rings. The van der Waals surface area contributed by atoms with Crippen molar-refractivity contribution in [3.8, 4) is 5.75 Å². The monoisotopic (exact) mass is 207 g/mol. The first-order chi connectivity index (χ1) is 6.91. The van der Waals surface area contributed by atoms with E-state index < -0.39 is 5.41 Å². The van der Waals surface area contributed by atoms with E-state index in [1.165, 1.54) is 0 Å². The summed E-state index contributed by atoms with van der Waals surface area (Å²) >= 11 is 0. The lowest BCUT2D eigenvalue weighted by Gasteiger charge is -2.17. The maximum absolute atomic E-state index is 11.6. The highest BCUT2D eigenvalue weighted by Crippen LogP contribution is 2.17. The lowest BCUT2D eigenvalue weighted by Crippen LogP contribution is -2.34. The standard InChI is InChI=1S/C12H17NO2/c1-12(2,3)11(15)13-8-9-6-4-5-7-10(9)14/h4-7,14H,8H2,1-3H3,(H,13,15). The van der Waals surface area contributed by atoms with Crippen molar-refractivity contribution < 1.29 is 9.90 Å². The SMILES string of the molecule is CC(C)(C)C(=O)NCc1ccccc1O. The van der Waals surface area contributed by atoms with E-state index in [0.29, 0.717) is 6.54 Å². The summed E-state index contributed by atoms with van der Waals surface area (Å²) in [5.74, 6) is 0.192. The quantitative estimate of drug-likeness (QED) is 0.779. The zero-order chi connectivity index (χ0) is 11.5. The van der Waals surface area contributed by atoms with Crippen LogP contribution in [0.25, 0.3) is 0 Å². The molecule has 0 unspecified atom stereocenters. The molecule has 1 rings (SSSR count). The van der Waals surface area contributed by atoms with Crippen molar-refractivity contribution >= 4 is 5.91 Å². The maximum atomic E-state index is 11.6. The van der Waals surface area contributed by atoms with E-state index in [9.17, 15) is 9.90 Å². The highest BCUT2D eigenvalue weighted by atomic mass is 16.3. The van der Waals surface area contributed by atoms with Gasteiger partial charge in [0.25, 0.3) is 0 Å². The van der Waals surface area contributed by atoms with Crippen LogP contribution in [0.1, 0.15) is 26.3 Å². The van der Waals surface area contributed by atoms with Crippen LogP contribution in [0.5, 0.6) is 5.75 Å². The van der Waals surface area contributed by atoms with Crippen LogP contribution in [0, 0.1) is 5.41 Å². The van der Waals surface area contributed by atoms with Crippen LogP contribution in [-0.4, -0.2) is 11.0 Å². The summed E-state index contributed by atoms with van der Waals surface area (Å²) in [6.07, 6.45) is 0. The Balaban J connectivity index is 2.59. The Bertz CT molecular complexity index is 353. The molecule has 2 N–H and O–H groups in total. The highest BCUT2D eigenvalue weighted by Gasteiger charge is 2.20. The molecule has 0 saturated heterocycles. The molecule has 15 heavy (non-hydrogen) atoms. The first kappa shape index (κ1) is 11.6. The van der Waals surface area contributed by atoms with Gasteiger partial charge in [0.2, 0.25) is 5.91 Å². The Morgan fingerprint density at radius 2 is 1.93 bits per heavy atom. The Labute approximate surface area is 90.1 Å². The van der Waals surface area contributed by atoms with Gasteiger partial charge in [0.1, 0.15) is 5.75 Å². The van der Waals surface area contributed by atoms with Crippen molar-refractivity contribution in [2.75, 3.05) is 0 Å². The molecule has 0 heterocycles. The molecule has 0 saturated carbocycles. The molecule has 0 bridgehead atoms. The fraction of sp³-hybridized carbons (Fsp3) is 0.417. The summed E-state index contributed by atoms with van der Waals surface area (Å²) in [6.45, 7) is 5.93. The van der Waals surface area contributed by atoms with Gasteiger partial charge >= 0.3 is 0 Å². The molecule has 3 nitrogen and oxygen atoms in total. The van der Waals surface area contributed by atoms with E-state index in [0.717, 1.165) is 5.56 Å². The summed E-state index contributed by atoms with van der Waals surface area (Å²) < 4.78 is 0. The molecule has 82 valence electrons. The van der Waals surface area contributed by atoms with Crippen LogP contribution in [-0.2, 0) is 11.3 Å². The van der Waals surface area contributed by atoms with E-state index in [2.05, 4.69) is 5.32 Å². The predicted octanol–water partition coefficient (Wildman–Crippen LogP) is 2.05. The molecule has 3 heteroatoms. The Hall–Kier alpha value is -1.51. The molecule has 0 aliphatic carbocycles. The van der Waals surface area contributed by atoms with Gasteiger partial charge in [0.05, 0.1) is 0 Å². The fourth-order valence-corrected chi connectivity index (χ4v) is 1.10. The number of carbonyl (C=O) groups is 1. The normalized spacial score (nSPS) is 11.1. The number of rotatable bonds is 2. The molecule has 0 radical (unpaired) electrons. The van der Waals surface area contributed by atoms with Crippen molar-refractivity contribution in [3.63, 3.8) is 0 Å². The van der Waals surface area contributed by atoms with Gasteiger partial charge in [-0.05, 0) is 6.07 Å². The minimum Gasteiger partial charge on any atom is -0.508 e. The number of aromatic hydroxyl groups is 1. The molecule has 0 aromatic heterocycles. The van der Waals surface area contributed by atoms with Crippen molar-refractivity contribution in [2.24, 2.45) is 5.41 Å². The lowest BCUT2D eigenvalue weighted by atomic mass is 9.95. The predicted molar refractivity (Wildman–Crippen MR) is 59.4 cm³/mol. The van der Waals surface area contributed by atoms with Crippen LogP contribution >= 0.6 is 0 Å². The van der Waals surface area contributed by atoms with Crippen LogP contribution in [0.15, 0.2) is 24.3 Å². The third kappa shape index (κ3) is 3.27. The molecule has 0 spiro atoms. The molecule has 0 aliphatic rings. The van der Waals surface area contributed by atoms with Gasteiger partial charge in [-0.3, -0.25) is 4.79 Å². The summed E-state index contributed by atoms with van der Waals surface area (Å²) in [5, 5.41) is 12.3. The van der Waals surface area contributed by atoms with Gasteiger partial charge in [-0.15, -0.1) is 0 Å². The second-order valence-electron chi connectivity index (χ2n) is 4.56. The van der Waals surface area contributed by atoms with E-state index >= 15 is 0 Å². The minimum absolute atomic E-state index is 0.0225. The van der Waals surface area contributed by atoms with Crippen LogP contribution in [0.3, 0.4) is 0 Å². The van der Waals surface area contributed by atoms with Gasteiger partial charge in [0.15, 0.2) is 0 Å². The highest BCUT2D eigenvalue weighted by molar-refractivity contribution is 5.81. The third-order valence-corrected chi connectivity index (χ3v) is 2.11. The van der Waals surface area contributed by atoms with Crippen molar-refractivity contribution in [3.05, 3.63) is 29.8 Å². The number of para-hydroxylation sites is 1. The number of amides is 1. The van der Waals surface area contributed by atoms with Crippen molar-refractivity contribution in [2.45, 2.75) is 27.3 Å². The Morgan fingerprint density at radius 1 is 1.33 bits per heavy atom. The number of hydrogen-bond donors (Lipinski definition) is 2. The summed E-state index contributed by atoms with van der Waals surface area (Å²) in [7, 11) is 0. The molecule has 0 atom stereocenters. The Kier molecular flexibility index (Phi) is 3.35. The number of hydrogen-bond acceptors (Lipinski definition) is 2. The number of nitrogens with one attached hydrogen (secondary N) is 1. The zero-order valence-corrected chi connectivity index (χ0v) is 9.37. The van der Waals surface area contributed by atoms with Crippen LogP contribution < -0.4 is 5.32 Å². The zero-order valence-electron chi connectivity index (χ0n) is 9.37. The number of phenolic OH excluding ortho intramolecular Hbond substituents is 1. The average molecular weight is 207 g/mol. The number of benzene rings is 1. The summed E-state index contributed by atoms with van der Waals surface area (Å²) in [5.41, 5.74) is 0.333. The molecular weight excluding hydrogens is 190 g/mol. The fourth-order valence-electron chi connectivity index (χ4n) is 1.10. The maximum Gasteiger partial charge on any atom is 0.225 e. The van der Waals surface area contributed by atoms with Gasteiger partial charge in [-0.2, -0.15) is 0 Å². The molecule has 0 fully saturated rings. The van der Waals surface area contributed by atoms with Crippen LogP contribution in [0.4, 0.5) is 0 Å². The average Bonchev–Trinajstić information content (AvgIpc) is 2.14. The van der Waals surface area contributed by atoms with Gasteiger partial charge in [0, 0.05) is 17.5 Å². The van der Waals surface area contributed by atoms with Gasteiger partial charge < -0.3 is 10.4 Å². The lowest BCUT2D eigenvalue weighted by molar-refractivity contribution is -0.128. The van der Waals surface area contributed by atoms with Crippen molar-refractivity contribution in [1.29, 1.82) is 0 Å². The van der Waals surface area contributed by atoms with E-state index in [-0.39, 0.29) is 11.7 Å². The molecule has 0 aliphatic heterocycles. The van der Waals surface area contributed by atoms with Gasteiger partial charge in [-0.1, -0.05) is 39.0 Å². The van der Waals surface area contributed by atoms with Crippen molar-refractivity contribution in [1.82, 2.24) is 5.32 Å². The van der Waals surface area contributed by atoms with Crippen LogP contribution in [0.2, 0.25) is 0 Å². The smallest absolute Gasteiger partial charge is 0.225 e. The largest absolute Gasteiger partial charge is 0.508 e. The summed E-state index contributed by atoms with van der Waals surface area (Å²) in [6, 6.07) is 6.99. The topological polar surface area (TPSA) is 49.3 Å².